The molecule has 2 rings (SSSR count). The van der Waals surface area contributed by atoms with Crippen LogP contribution in [0, 0.1) is 0 Å². The average Bonchev–Trinajstić information content (AvgIpc) is 2.87. The fourth-order valence-electron chi connectivity index (χ4n) is 1.59. The molecule has 0 bridgehead atoms. The number of aromatic carboxylic acids is 1. The van der Waals surface area contributed by atoms with Gasteiger partial charge in [0, 0.05) is 0 Å². The minimum absolute atomic E-state index is 0.00638. The van der Waals surface area contributed by atoms with Crippen LogP contribution in [0.25, 0.3) is 0 Å². The number of carbonyl (C=O) groups excluding carboxylic acids is 1. The number of thiophene rings is 1. The number of phenolic OH excluding ortho intramolecular Hbond substituents is 1. The van der Waals surface area contributed by atoms with Crippen molar-refractivity contribution in [2.45, 2.75) is 0 Å². The van der Waals surface area contributed by atoms with Crippen LogP contribution in [0.15, 0.2) is 29.6 Å². The topological polar surface area (TPSA) is 95.9 Å². The first-order valence-electron chi connectivity index (χ1n) is 5.52. The lowest BCUT2D eigenvalue weighted by Gasteiger charge is -2.08. The number of carboxylic acid groups (broad SMARTS) is 1. The number of ether oxygens (including phenoxy) is 1. The maximum Gasteiger partial charge on any atom is 0.348 e. The smallest absolute Gasteiger partial charge is 0.348 e. The van der Waals surface area contributed by atoms with Crippen LogP contribution in [-0.4, -0.2) is 29.2 Å². The van der Waals surface area contributed by atoms with Crippen LogP contribution in [-0.2, 0) is 0 Å². The van der Waals surface area contributed by atoms with Gasteiger partial charge >= 0.3 is 5.97 Å². The lowest BCUT2D eigenvalue weighted by molar-refractivity contribution is 0.0703. The van der Waals surface area contributed by atoms with Crippen LogP contribution >= 0.6 is 11.3 Å². The number of nitrogens with one attached hydrogen (secondary N) is 1. The van der Waals surface area contributed by atoms with Crippen LogP contribution in [0.1, 0.15) is 20.0 Å². The Hall–Kier alpha value is -2.54. The molecule has 0 radical (unpaired) electrons. The van der Waals surface area contributed by atoms with Gasteiger partial charge in [0.25, 0.3) is 5.91 Å². The summed E-state index contributed by atoms with van der Waals surface area (Å²) in [5.74, 6) is -1.53. The van der Waals surface area contributed by atoms with Crippen molar-refractivity contribution in [1.82, 2.24) is 0 Å². The van der Waals surface area contributed by atoms with Crippen molar-refractivity contribution >= 4 is 28.9 Å². The van der Waals surface area contributed by atoms with E-state index in [0.29, 0.717) is 5.75 Å². The number of hydrogen-bond donors (Lipinski definition) is 3. The van der Waals surface area contributed by atoms with E-state index in [1.54, 1.807) is 5.38 Å². The lowest BCUT2D eigenvalue weighted by atomic mass is 10.1. The molecule has 0 saturated carbocycles. The molecule has 0 aliphatic carbocycles. The molecule has 1 amide bonds. The van der Waals surface area contributed by atoms with Gasteiger partial charge in [-0.15, -0.1) is 11.3 Å². The Morgan fingerprint density at radius 1 is 1.30 bits per heavy atom. The first-order chi connectivity index (χ1) is 9.52. The van der Waals surface area contributed by atoms with Crippen molar-refractivity contribution in [2.75, 3.05) is 12.4 Å². The Morgan fingerprint density at radius 3 is 2.70 bits per heavy atom. The number of phenols is 1. The number of anilines is 1. The zero-order valence-electron chi connectivity index (χ0n) is 10.4. The van der Waals surface area contributed by atoms with Gasteiger partial charge in [-0.05, 0) is 29.6 Å². The number of carbonyl (C=O) groups is 2. The average molecular weight is 293 g/mol. The Morgan fingerprint density at radius 2 is 2.05 bits per heavy atom. The first-order valence-corrected chi connectivity index (χ1v) is 6.40. The number of methoxy groups -OCH3 is 1. The van der Waals surface area contributed by atoms with Gasteiger partial charge in [0.1, 0.15) is 16.4 Å². The van der Waals surface area contributed by atoms with E-state index in [-0.39, 0.29) is 21.9 Å². The maximum atomic E-state index is 12.1. The molecule has 0 aliphatic heterocycles. The Bertz CT molecular complexity index is 665. The summed E-state index contributed by atoms with van der Waals surface area (Å²) in [7, 11) is 1.44. The predicted octanol–water partition coefficient (Wildman–Crippen LogP) is 2.41. The second-order valence-corrected chi connectivity index (χ2v) is 4.72. The second kappa shape index (κ2) is 5.62. The summed E-state index contributed by atoms with van der Waals surface area (Å²) < 4.78 is 4.97. The highest BCUT2D eigenvalue weighted by Crippen LogP contribution is 2.26. The van der Waals surface area contributed by atoms with Crippen molar-refractivity contribution in [2.24, 2.45) is 0 Å². The zero-order chi connectivity index (χ0) is 14.7. The van der Waals surface area contributed by atoms with E-state index in [0.717, 1.165) is 11.3 Å². The van der Waals surface area contributed by atoms with Crippen LogP contribution < -0.4 is 10.1 Å². The monoisotopic (exact) mass is 293 g/mol. The molecule has 6 nitrogen and oxygen atoms in total. The molecule has 1 heterocycles. The molecule has 1 aromatic carbocycles. The number of amides is 1. The predicted molar refractivity (Wildman–Crippen MR) is 73.9 cm³/mol. The van der Waals surface area contributed by atoms with Crippen LogP contribution in [0.5, 0.6) is 11.5 Å². The van der Waals surface area contributed by atoms with Gasteiger partial charge in [0.05, 0.1) is 18.4 Å². The van der Waals surface area contributed by atoms with Gasteiger partial charge in [-0.2, -0.15) is 0 Å². The van der Waals surface area contributed by atoms with Gasteiger partial charge in [0.15, 0.2) is 0 Å². The maximum absolute atomic E-state index is 12.1. The highest BCUT2D eigenvalue weighted by atomic mass is 32.1. The zero-order valence-corrected chi connectivity index (χ0v) is 11.2. The molecule has 20 heavy (non-hydrogen) atoms. The van der Waals surface area contributed by atoms with E-state index in [1.807, 2.05) is 0 Å². The largest absolute Gasteiger partial charge is 0.507 e. The molecule has 0 spiro atoms. The number of benzene rings is 1. The number of carboxylic acids is 1. The fourth-order valence-corrected chi connectivity index (χ4v) is 2.27. The third-order valence-electron chi connectivity index (χ3n) is 2.56. The van der Waals surface area contributed by atoms with E-state index in [4.69, 9.17) is 9.84 Å². The summed E-state index contributed by atoms with van der Waals surface area (Å²) in [4.78, 5) is 23.0. The molecule has 0 unspecified atom stereocenters. The first kappa shape index (κ1) is 13.9. The molecule has 104 valence electrons. The quantitative estimate of drug-likeness (QED) is 0.804. The number of aromatic hydroxyl groups is 1. The van der Waals surface area contributed by atoms with Crippen molar-refractivity contribution in [3.05, 3.63) is 40.1 Å². The SMILES string of the molecule is COc1ccc(O)c(C(=O)Nc2ccsc2C(=O)O)c1. The van der Waals surface area contributed by atoms with Crippen molar-refractivity contribution in [1.29, 1.82) is 0 Å². The minimum Gasteiger partial charge on any atom is -0.507 e. The van der Waals surface area contributed by atoms with Gasteiger partial charge < -0.3 is 20.3 Å². The standard InChI is InChI=1S/C13H11NO5S/c1-19-7-2-3-10(15)8(6-7)12(16)14-9-4-5-20-11(9)13(17)18/h2-6,15H,1H3,(H,14,16)(H,17,18). The summed E-state index contributed by atoms with van der Waals surface area (Å²) in [6.07, 6.45) is 0. The van der Waals surface area contributed by atoms with Crippen LogP contribution in [0.3, 0.4) is 0 Å². The van der Waals surface area contributed by atoms with Gasteiger partial charge in [-0.3, -0.25) is 4.79 Å². The molecule has 0 saturated heterocycles. The summed E-state index contributed by atoms with van der Waals surface area (Å²) >= 11 is 1.01. The van der Waals surface area contributed by atoms with Gasteiger partial charge in [-0.25, -0.2) is 4.79 Å². The second-order valence-electron chi connectivity index (χ2n) is 3.81. The molecule has 0 aliphatic rings. The molecule has 2 aromatic rings. The number of rotatable bonds is 4. The normalized spacial score (nSPS) is 10.1. The molecule has 1 aromatic heterocycles. The van der Waals surface area contributed by atoms with E-state index < -0.39 is 11.9 Å². The van der Waals surface area contributed by atoms with Crippen LogP contribution in [0.4, 0.5) is 5.69 Å². The van der Waals surface area contributed by atoms with Crippen molar-refractivity contribution < 1.29 is 24.5 Å². The van der Waals surface area contributed by atoms with Gasteiger partial charge in [-0.1, -0.05) is 0 Å². The Balaban J connectivity index is 2.28. The third-order valence-corrected chi connectivity index (χ3v) is 3.46. The highest BCUT2D eigenvalue weighted by Gasteiger charge is 2.17. The Labute approximate surface area is 118 Å². The molecular weight excluding hydrogens is 282 g/mol. The Kier molecular flexibility index (Phi) is 3.90. The van der Waals surface area contributed by atoms with Gasteiger partial charge in [0.2, 0.25) is 0 Å². The molecule has 3 N–H and O–H groups in total. The summed E-state index contributed by atoms with van der Waals surface area (Å²) in [5, 5.41) is 22.7. The third kappa shape index (κ3) is 2.72. The lowest BCUT2D eigenvalue weighted by Crippen LogP contribution is -2.13. The van der Waals surface area contributed by atoms with Crippen molar-refractivity contribution in [3.8, 4) is 11.5 Å². The molecule has 0 atom stereocenters. The minimum atomic E-state index is -1.12. The van der Waals surface area contributed by atoms with E-state index in [1.165, 1.54) is 31.4 Å². The summed E-state index contributed by atoms with van der Waals surface area (Å²) in [5.41, 5.74) is 0.196. The number of hydrogen-bond acceptors (Lipinski definition) is 5. The molecule has 0 fully saturated rings. The molecular formula is C13H11NO5S. The van der Waals surface area contributed by atoms with E-state index in [2.05, 4.69) is 5.32 Å². The van der Waals surface area contributed by atoms with Crippen LogP contribution in [0.2, 0.25) is 0 Å². The summed E-state index contributed by atoms with van der Waals surface area (Å²) in [6.45, 7) is 0. The fraction of sp³-hybridized carbons (Fsp3) is 0.0769. The van der Waals surface area contributed by atoms with E-state index >= 15 is 0 Å². The van der Waals surface area contributed by atoms with Crippen molar-refractivity contribution in [3.63, 3.8) is 0 Å². The van der Waals surface area contributed by atoms with E-state index in [9.17, 15) is 14.7 Å². The molecule has 7 heteroatoms. The highest BCUT2D eigenvalue weighted by molar-refractivity contribution is 7.12. The summed E-state index contributed by atoms with van der Waals surface area (Å²) in [6, 6.07) is 5.71.